The summed E-state index contributed by atoms with van der Waals surface area (Å²) in [4.78, 5) is 17.1. The molecule has 150 valence electrons. The molecule has 0 amide bonds. The summed E-state index contributed by atoms with van der Waals surface area (Å²) in [5.74, 6) is 0.767. The van der Waals surface area contributed by atoms with Gasteiger partial charge in [0.05, 0.1) is 18.1 Å². The monoisotopic (exact) mass is 496 g/mol. The van der Waals surface area contributed by atoms with Crippen LogP contribution >= 0.6 is 24.0 Å². The highest BCUT2D eigenvalue weighted by Crippen LogP contribution is 2.25. The fraction of sp³-hybridized carbons (Fsp3) is 0.350. The highest BCUT2D eigenvalue weighted by Gasteiger charge is 2.25. The number of non-ortho nitro benzene ring substituents is 1. The molecule has 1 atom stereocenters. The van der Waals surface area contributed by atoms with Crippen LogP contribution in [0, 0.1) is 17.0 Å². The van der Waals surface area contributed by atoms with Gasteiger partial charge in [-0.3, -0.25) is 15.1 Å². The Labute approximate surface area is 182 Å². The van der Waals surface area contributed by atoms with Gasteiger partial charge in [-0.15, -0.1) is 24.0 Å². The van der Waals surface area contributed by atoms with Gasteiger partial charge in [0.2, 0.25) is 0 Å². The van der Waals surface area contributed by atoms with E-state index in [1.807, 2.05) is 18.2 Å². The molecule has 1 saturated heterocycles. The number of guanidine groups is 1. The normalized spacial score (nSPS) is 17.0. The third-order valence-electron chi connectivity index (χ3n) is 4.69. The van der Waals surface area contributed by atoms with Gasteiger partial charge in [0.25, 0.3) is 5.69 Å². The van der Waals surface area contributed by atoms with E-state index in [9.17, 15) is 10.1 Å². The van der Waals surface area contributed by atoms with Gasteiger partial charge in [-0.05, 0) is 23.6 Å². The van der Waals surface area contributed by atoms with Crippen LogP contribution in [-0.4, -0.2) is 42.5 Å². The van der Waals surface area contributed by atoms with E-state index < -0.39 is 0 Å². The molecule has 0 spiro atoms. The van der Waals surface area contributed by atoms with Gasteiger partial charge in [0.15, 0.2) is 5.96 Å². The number of benzene rings is 2. The Kier molecular flexibility index (Phi) is 8.18. The van der Waals surface area contributed by atoms with Crippen molar-refractivity contribution in [2.75, 3.05) is 26.7 Å². The maximum Gasteiger partial charge on any atom is 0.269 e. The number of hydrogen-bond donors (Lipinski definition) is 1. The summed E-state index contributed by atoms with van der Waals surface area (Å²) in [5.41, 5.74) is 3.34. The number of nitrogens with one attached hydrogen (secondary N) is 1. The van der Waals surface area contributed by atoms with E-state index in [2.05, 4.69) is 34.3 Å². The van der Waals surface area contributed by atoms with Crippen molar-refractivity contribution in [1.29, 1.82) is 0 Å². The van der Waals surface area contributed by atoms with E-state index >= 15 is 0 Å². The second-order valence-corrected chi connectivity index (χ2v) is 6.49. The number of nitro benzene ring substituents is 1. The van der Waals surface area contributed by atoms with Gasteiger partial charge in [-0.1, -0.05) is 36.4 Å². The minimum absolute atomic E-state index is 0. The zero-order valence-electron chi connectivity index (χ0n) is 16.0. The lowest BCUT2D eigenvalue weighted by Crippen LogP contribution is -2.48. The summed E-state index contributed by atoms with van der Waals surface area (Å²) in [6.07, 6.45) is -0.00341. The largest absolute Gasteiger partial charge is 0.370 e. The average Bonchev–Trinajstić information content (AvgIpc) is 2.69. The Hall–Kier alpha value is -2.20. The van der Waals surface area contributed by atoms with Gasteiger partial charge < -0.3 is 15.0 Å². The number of ether oxygens (including phenoxy) is 1. The lowest BCUT2D eigenvalue weighted by molar-refractivity contribution is -0.384. The first-order chi connectivity index (χ1) is 13.1. The molecule has 0 aliphatic carbocycles. The topological polar surface area (TPSA) is 80.0 Å². The van der Waals surface area contributed by atoms with Crippen molar-refractivity contribution in [3.05, 3.63) is 75.3 Å². The van der Waals surface area contributed by atoms with E-state index in [4.69, 9.17) is 4.74 Å². The summed E-state index contributed by atoms with van der Waals surface area (Å²) in [7, 11) is 1.74. The molecule has 1 heterocycles. The quantitative estimate of drug-likeness (QED) is 0.230. The van der Waals surface area contributed by atoms with Gasteiger partial charge in [0, 0.05) is 32.3 Å². The number of aliphatic imine (C=N–C) groups is 1. The van der Waals surface area contributed by atoms with Crippen LogP contribution in [0.1, 0.15) is 22.8 Å². The second kappa shape index (κ2) is 10.4. The fourth-order valence-electron chi connectivity index (χ4n) is 3.27. The molecule has 1 fully saturated rings. The molecule has 3 rings (SSSR count). The van der Waals surface area contributed by atoms with Crippen molar-refractivity contribution in [2.24, 2.45) is 4.99 Å². The number of hydrogen-bond acceptors (Lipinski definition) is 4. The molecule has 2 aromatic rings. The maximum absolute atomic E-state index is 10.9. The molecule has 8 heteroatoms. The second-order valence-electron chi connectivity index (χ2n) is 6.49. The van der Waals surface area contributed by atoms with Gasteiger partial charge >= 0.3 is 0 Å². The van der Waals surface area contributed by atoms with E-state index in [-0.39, 0.29) is 40.7 Å². The van der Waals surface area contributed by atoms with Crippen LogP contribution in [0.3, 0.4) is 0 Å². The Morgan fingerprint density at radius 3 is 2.82 bits per heavy atom. The van der Waals surface area contributed by atoms with Gasteiger partial charge in [-0.2, -0.15) is 0 Å². The molecule has 28 heavy (non-hydrogen) atoms. The summed E-state index contributed by atoms with van der Waals surface area (Å²) in [6, 6.07) is 14.9. The predicted molar refractivity (Wildman–Crippen MR) is 120 cm³/mol. The molecule has 0 radical (unpaired) electrons. The van der Waals surface area contributed by atoms with Crippen LogP contribution in [0.4, 0.5) is 5.69 Å². The van der Waals surface area contributed by atoms with Crippen molar-refractivity contribution < 1.29 is 9.66 Å². The summed E-state index contributed by atoms with van der Waals surface area (Å²) in [6.45, 7) is 4.64. The van der Waals surface area contributed by atoms with Crippen molar-refractivity contribution in [2.45, 2.75) is 19.6 Å². The van der Waals surface area contributed by atoms with Crippen LogP contribution in [-0.2, 0) is 11.3 Å². The molecule has 1 unspecified atom stereocenters. The minimum Gasteiger partial charge on any atom is -0.370 e. The Morgan fingerprint density at radius 1 is 1.32 bits per heavy atom. The molecule has 1 aliphatic heterocycles. The third-order valence-corrected chi connectivity index (χ3v) is 4.69. The SMILES string of the molecule is CN=C(NCc1cccc([N+](=O)[O-])c1)N1CCOC(c2ccccc2C)C1.I. The van der Waals surface area contributed by atoms with Crippen molar-refractivity contribution in [3.63, 3.8) is 0 Å². The fourth-order valence-corrected chi connectivity index (χ4v) is 3.27. The first kappa shape index (κ1) is 22.1. The van der Waals surface area contributed by atoms with E-state index in [0.29, 0.717) is 19.7 Å². The van der Waals surface area contributed by atoms with Crippen LogP contribution in [0.15, 0.2) is 53.5 Å². The molecule has 0 saturated carbocycles. The Morgan fingerprint density at radius 2 is 2.11 bits per heavy atom. The maximum atomic E-state index is 10.9. The number of morpholine rings is 1. The van der Waals surface area contributed by atoms with Crippen LogP contribution in [0.2, 0.25) is 0 Å². The first-order valence-electron chi connectivity index (χ1n) is 8.94. The third kappa shape index (κ3) is 5.41. The zero-order valence-corrected chi connectivity index (χ0v) is 18.3. The number of nitro groups is 1. The standard InChI is InChI=1S/C20H24N4O3.HI/c1-15-6-3-4-9-18(15)19-14-23(10-11-27-19)20(21-2)22-13-16-7-5-8-17(12-16)24(25)26;/h3-9,12,19H,10-11,13-14H2,1-2H3,(H,21,22);1H. The average molecular weight is 496 g/mol. The smallest absolute Gasteiger partial charge is 0.269 e. The van der Waals surface area contributed by atoms with Crippen molar-refractivity contribution in [1.82, 2.24) is 10.2 Å². The number of rotatable bonds is 4. The number of halogens is 1. The van der Waals surface area contributed by atoms with Crippen molar-refractivity contribution >= 4 is 35.6 Å². The summed E-state index contributed by atoms with van der Waals surface area (Å²) < 4.78 is 5.98. The van der Waals surface area contributed by atoms with E-state index in [0.717, 1.165) is 18.1 Å². The molecule has 0 bridgehead atoms. The highest BCUT2D eigenvalue weighted by atomic mass is 127. The van der Waals surface area contributed by atoms with Crippen LogP contribution in [0.25, 0.3) is 0 Å². The molecule has 1 aliphatic rings. The number of aryl methyl sites for hydroxylation is 1. The first-order valence-corrected chi connectivity index (χ1v) is 8.94. The summed E-state index contributed by atoms with van der Waals surface area (Å²) >= 11 is 0. The molecule has 7 nitrogen and oxygen atoms in total. The van der Waals surface area contributed by atoms with Crippen LogP contribution in [0.5, 0.6) is 0 Å². The molecule has 1 N–H and O–H groups in total. The van der Waals surface area contributed by atoms with Gasteiger partial charge in [-0.25, -0.2) is 0 Å². The molecular weight excluding hydrogens is 471 g/mol. The minimum atomic E-state index is -0.382. The Balaban J connectivity index is 0.00000280. The molecule has 0 aromatic heterocycles. The van der Waals surface area contributed by atoms with Crippen LogP contribution < -0.4 is 5.32 Å². The van der Waals surface area contributed by atoms with Gasteiger partial charge in [0.1, 0.15) is 6.10 Å². The number of nitrogens with zero attached hydrogens (tertiary/aromatic N) is 3. The molecular formula is C20H25IN4O3. The lowest BCUT2D eigenvalue weighted by atomic mass is 10.0. The van der Waals surface area contributed by atoms with Crippen molar-refractivity contribution in [3.8, 4) is 0 Å². The van der Waals surface area contributed by atoms with E-state index in [1.165, 1.54) is 17.2 Å². The zero-order chi connectivity index (χ0) is 19.2. The van der Waals surface area contributed by atoms with E-state index in [1.54, 1.807) is 19.2 Å². The molecule has 2 aromatic carbocycles. The summed E-state index contributed by atoms with van der Waals surface area (Å²) in [5, 5.41) is 14.2. The lowest BCUT2D eigenvalue weighted by Gasteiger charge is -2.35. The predicted octanol–water partition coefficient (Wildman–Crippen LogP) is 3.67. The Bertz CT molecular complexity index is 844. The highest BCUT2D eigenvalue weighted by molar-refractivity contribution is 14.0.